The zero-order valence-electron chi connectivity index (χ0n) is 21.3. The van der Waals surface area contributed by atoms with E-state index >= 15 is 0 Å². The standard InChI is InChI=1S/C26H43NO6.Na/c1-14(4-7-22(31)27-13-23(32)33)17-5-6-18-24-19(12-21(30)26(17,18)3)25(2)9-8-16(28)10-15(25)11-20(24)29;/h14-21,24,28-30H,4-13H2,1-3H3,(H,27,31)(H,32,33);/q;+1/p-1/t14?,15?,16-,17-,18?,19?,20-,21+,24?,25+,26-;/m1./s1. The van der Waals surface area contributed by atoms with Crippen LogP contribution in [0.15, 0.2) is 0 Å². The number of hydrogen-bond donors (Lipinski definition) is 4. The number of fused-ring (bicyclic) bond motifs is 5. The molecule has 4 aliphatic rings. The number of carboxylic acids is 1. The van der Waals surface area contributed by atoms with Gasteiger partial charge >= 0.3 is 29.6 Å². The summed E-state index contributed by atoms with van der Waals surface area (Å²) in [6.45, 7) is 6.21. The fraction of sp³-hybridized carbons (Fsp3) is 0.923. The van der Waals surface area contributed by atoms with E-state index in [-0.39, 0.29) is 94.5 Å². The fourth-order valence-corrected chi connectivity index (χ4v) is 8.95. The number of aliphatic hydroxyl groups is 3. The molecule has 34 heavy (non-hydrogen) atoms. The molecule has 0 aromatic heterocycles. The molecular formula is C26H42NNaO6. The van der Waals surface area contributed by atoms with Crippen molar-refractivity contribution in [1.82, 2.24) is 5.32 Å². The van der Waals surface area contributed by atoms with E-state index in [0.717, 1.165) is 38.5 Å². The normalized spacial score (nSPS) is 46.3. The van der Waals surface area contributed by atoms with E-state index in [1.807, 2.05) is 0 Å². The number of hydrogen-bond acceptors (Lipinski definition) is 6. The molecule has 188 valence electrons. The Morgan fingerprint density at radius 3 is 2.44 bits per heavy atom. The summed E-state index contributed by atoms with van der Waals surface area (Å²) in [7, 11) is 0. The van der Waals surface area contributed by atoms with Crippen LogP contribution < -0.4 is 40.0 Å². The predicted octanol–water partition coefficient (Wildman–Crippen LogP) is -1.77. The first kappa shape index (κ1) is 28.4. The van der Waals surface area contributed by atoms with Crippen molar-refractivity contribution >= 4 is 11.9 Å². The van der Waals surface area contributed by atoms with Crippen LogP contribution in [-0.2, 0) is 9.59 Å². The molecule has 4 aliphatic carbocycles. The largest absolute Gasteiger partial charge is 1.00 e. The molecule has 5 unspecified atom stereocenters. The van der Waals surface area contributed by atoms with E-state index in [9.17, 15) is 30.0 Å². The Bertz CT molecular complexity index is 766. The van der Waals surface area contributed by atoms with Gasteiger partial charge in [-0.1, -0.05) is 20.8 Å². The van der Waals surface area contributed by atoms with Gasteiger partial charge in [-0.3, -0.25) is 4.79 Å². The van der Waals surface area contributed by atoms with Crippen molar-refractivity contribution in [3.63, 3.8) is 0 Å². The summed E-state index contributed by atoms with van der Waals surface area (Å²) in [6.07, 6.45) is 5.75. The molecule has 0 saturated heterocycles. The zero-order valence-corrected chi connectivity index (χ0v) is 23.3. The van der Waals surface area contributed by atoms with Crippen LogP contribution in [-0.4, -0.2) is 52.1 Å². The summed E-state index contributed by atoms with van der Waals surface area (Å²) < 4.78 is 0. The predicted molar refractivity (Wildman–Crippen MR) is 120 cm³/mol. The molecule has 4 fully saturated rings. The monoisotopic (exact) mass is 487 g/mol. The van der Waals surface area contributed by atoms with E-state index < -0.39 is 18.6 Å². The zero-order chi connectivity index (χ0) is 24.1. The smallest absolute Gasteiger partial charge is 0.548 e. The number of carboxylic acid groups (broad SMARTS) is 1. The summed E-state index contributed by atoms with van der Waals surface area (Å²) >= 11 is 0. The second-order valence-electron chi connectivity index (χ2n) is 12.2. The summed E-state index contributed by atoms with van der Waals surface area (Å²) in [5.74, 6) is -0.0789. The number of carbonyl (C=O) groups is 2. The Morgan fingerprint density at radius 2 is 1.76 bits per heavy atom. The molecule has 0 radical (unpaired) electrons. The second kappa shape index (κ2) is 10.7. The van der Waals surface area contributed by atoms with Gasteiger partial charge in [-0.15, -0.1) is 0 Å². The maximum Gasteiger partial charge on any atom is 1.00 e. The summed E-state index contributed by atoms with van der Waals surface area (Å²) in [4.78, 5) is 22.6. The van der Waals surface area contributed by atoms with Gasteiger partial charge in [-0.2, -0.15) is 0 Å². The molecule has 4 rings (SSSR count). The van der Waals surface area contributed by atoms with Crippen LogP contribution in [0.25, 0.3) is 0 Å². The molecule has 4 saturated carbocycles. The summed E-state index contributed by atoms with van der Waals surface area (Å²) in [5.41, 5.74) is -0.230. The van der Waals surface area contributed by atoms with Crippen LogP contribution in [0.4, 0.5) is 0 Å². The minimum absolute atomic E-state index is 0. The van der Waals surface area contributed by atoms with Gasteiger partial charge < -0.3 is 30.5 Å². The third-order valence-electron chi connectivity index (χ3n) is 10.8. The van der Waals surface area contributed by atoms with Crippen molar-refractivity contribution < 1.29 is 59.6 Å². The van der Waals surface area contributed by atoms with Gasteiger partial charge in [0, 0.05) is 6.42 Å². The Kier molecular flexibility index (Phi) is 8.91. The number of carbonyl (C=O) groups excluding carboxylic acids is 2. The minimum Gasteiger partial charge on any atom is -0.548 e. The molecule has 0 aromatic rings. The molecule has 4 N–H and O–H groups in total. The van der Waals surface area contributed by atoms with Gasteiger partial charge in [0.2, 0.25) is 5.91 Å². The second-order valence-corrected chi connectivity index (χ2v) is 12.2. The third-order valence-corrected chi connectivity index (χ3v) is 10.8. The number of aliphatic hydroxyl groups excluding tert-OH is 3. The maximum absolute atomic E-state index is 12.0. The Hall–Kier alpha value is -0.180. The Balaban J connectivity index is 0.00000324. The van der Waals surface area contributed by atoms with E-state index in [0.29, 0.717) is 18.8 Å². The Labute approximate surface area is 225 Å². The maximum atomic E-state index is 12.0. The fourth-order valence-electron chi connectivity index (χ4n) is 8.95. The van der Waals surface area contributed by atoms with Crippen molar-refractivity contribution in [3.8, 4) is 0 Å². The van der Waals surface area contributed by atoms with Crippen molar-refractivity contribution in [2.24, 2.45) is 46.3 Å². The molecule has 1 amide bonds. The molecule has 0 heterocycles. The number of rotatable bonds is 6. The van der Waals surface area contributed by atoms with E-state index in [4.69, 9.17) is 0 Å². The molecule has 0 aliphatic heterocycles. The van der Waals surface area contributed by atoms with Gasteiger partial charge in [0.05, 0.1) is 30.8 Å². The van der Waals surface area contributed by atoms with Crippen molar-refractivity contribution in [2.75, 3.05) is 6.54 Å². The number of amides is 1. The Morgan fingerprint density at radius 1 is 1.06 bits per heavy atom. The van der Waals surface area contributed by atoms with Gasteiger partial charge in [0.1, 0.15) is 0 Å². The first-order valence-corrected chi connectivity index (χ1v) is 13.0. The average Bonchev–Trinajstić information content (AvgIpc) is 3.11. The van der Waals surface area contributed by atoms with E-state index in [2.05, 4.69) is 26.1 Å². The van der Waals surface area contributed by atoms with Gasteiger partial charge in [-0.05, 0) is 97.7 Å². The molecule has 0 bridgehead atoms. The van der Waals surface area contributed by atoms with Gasteiger partial charge in [0.15, 0.2) is 0 Å². The van der Waals surface area contributed by atoms with E-state index in [1.165, 1.54) is 0 Å². The molecular weight excluding hydrogens is 445 g/mol. The van der Waals surface area contributed by atoms with Crippen LogP contribution in [0.3, 0.4) is 0 Å². The average molecular weight is 488 g/mol. The first-order valence-electron chi connectivity index (χ1n) is 13.0. The van der Waals surface area contributed by atoms with Crippen molar-refractivity contribution in [1.29, 1.82) is 0 Å². The molecule has 8 heteroatoms. The van der Waals surface area contributed by atoms with Crippen LogP contribution in [0.2, 0.25) is 0 Å². The van der Waals surface area contributed by atoms with Crippen LogP contribution in [0.1, 0.15) is 78.6 Å². The topological polar surface area (TPSA) is 130 Å². The van der Waals surface area contributed by atoms with E-state index in [1.54, 1.807) is 0 Å². The third kappa shape index (κ3) is 4.87. The SMILES string of the molecule is CC(CCC(=O)NCC(=O)[O-])[C@H]1CCC2C3C(C[C@H](O)[C@@]21C)[C@@]1(C)CC[C@@H](O)CC1C[C@H]3O.[Na+]. The molecule has 7 nitrogen and oxygen atoms in total. The quantitative estimate of drug-likeness (QED) is 0.328. The van der Waals surface area contributed by atoms with Crippen LogP contribution in [0.5, 0.6) is 0 Å². The molecule has 11 atom stereocenters. The molecule has 0 aromatic carbocycles. The number of aliphatic carboxylic acids is 1. The summed E-state index contributed by atoms with van der Waals surface area (Å²) in [5, 5.41) is 46.1. The summed E-state index contributed by atoms with van der Waals surface area (Å²) in [6, 6.07) is 0. The first-order chi connectivity index (χ1) is 15.5. The van der Waals surface area contributed by atoms with Crippen molar-refractivity contribution in [2.45, 2.75) is 96.9 Å². The number of nitrogens with one attached hydrogen (secondary N) is 1. The van der Waals surface area contributed by atoms with Gasteiger partial charge in [-0.25, -0.2) is 0 Å². The van der Waals surface area contributed by atoms with Crippen LogP contribution in [0, 0.1) is 46.3 Å². The van der Waals surface area contributed by atoms with Crippen molar-refractivity contribution in [3.05, 3.63) is 0 Å². The minimum atomic E-state index is -1.29. The molecule has 0 spiro atoms. The van der Waals surface area contributed by atoms with Gasteiger partial charge in [0.25, 0.3) is 0 Å². The van der Waals surface area contributed by atoms with Crippen LogP contribution >= 0.6 is 0 Å².